The molecule has 26 heavy (non-hydrogen) atoms. The van der Waals surface area contributed by atoms with Gasteiger partial charge in [0, 0.05) is 55.7 Å². The van der Waals surface area contributed by atoms with Crippen LogP contribution in [0.4, 0.5) is 5.82 Å². The molecule has 0 saturated carbocycles. The van der Waals surface area contributed by atoms with E-state index in [0.29, 0.717) is 23.0 Å². The zero-order valence-corrected chi connectivity index (χ0v) is 15.6. The van der Waals surface area contributed by atoms with Crippen LogP contribution in [-0.4, -0.2) is 59.7 Å². The highest BCUT2D eigenvalue weighted by atomic mass is 16.3. The van der Waals surface area contributed by atoms with Crippen molar-refractivity contribution in [2.75, 3.05) is 45.5 Å². The number of hydrogen-bond acceptors (Lipinski definition) is 5. The van der Waals surface area contributed by atoms with Gasteiger partial charge in [0.15, 0.2) is 0 Å². The largest absolute Gasteiger partial charge is 0.507 e. The normalized spacial score (nSPS) is 18.2. The van der Waals surface area contributed by atoms with E-state index in [1.165, 1.54) is 0 Å². The number of nitrogens with one attached hydrogen (secondary N) is 1. The topological polar surface area (TPSA) is 94.5 Å². The number of phenols is 1. The lowest BCUT2D eigenvalue weighted by Gasteiger charge is -2.34. The van der Waals surface area contributed by atoms with Crippen molar-refractivity contribution < 1.29 is 5.11 Å². The smallest absolute Gasteiger partial charge is 0.124 e. The van der Waals surface area contributed by atoms with Crippen molar-refractivity contribution in [2.24, 2.45) is 5.73 Å². The minimum Gasteiger partial charge on any atom is -0.507 e. The number of piperazine rings is 1. The standard InChI is InChI=1S/C20H29N5O/c1-14(13-25-9-7-24(2)8-10-25)17-12-23-20(22)16(17)11-18(21)15-5-3-4-6-19(15)26/h3-6,11-12,14,23,26H,7-10,13,21-22H2,1-2H3/b18-11-/t14-/m1/s1. The third kappa shape index (κ3) is 4.03. The maximum absolute atomic E-state index is 10.0. The fourth-order valence-corrected chi connectivity index (χ4v) is 3.50. The van der Waals surface area contributed by atoms with Crippen LogP contribution in [0.1, 0.15) is 29.5 Å². The molecule has 2 heterocycles. The number of aromatic nitrogens is 1. The molecule has 3 rings (SSSR count). The molecule has 1 fully saturated rings. The Labute approximate surface area is 155 Å². The van der Waals surface area contributed by atoms with Gasteiger partial charge in [-0.2, -0.15) is 0 Å². The Morgan fingerprint density at radius 2 is 1.96 bits per heavy atom. The van der Waals surface area contributed by atoms with Gasteiger partial charge in [0.05, 0.1) is 0 Å². The number of H-pyrrole nitrogens is 1. The maximum Gasteiger partial charge on any atom is 0.124 e. The molecule has 6 nitrogen and oxygen atoms in total. The van der Waals surface area contributed by atoms with Crippen molar-refractivity contribution in [3.8, 4) is 5.75 Å². The average Bonchev–Trinajstić information content (AvgIpc) is 2.98. The van der Waals surface area contributed by atoms with E-state index >= 15 is 0 Å². The molecule has 6 heteroatoms. The lowest BCUT2D eigenvalue weighted by molar-refractivity contribution is 0.149. The van der Waals surface area contributed by atoms with Gasteiger partial charge in [-0.05, 0) is 36.7 Å². The van der Waals surface area contributed by atoms with Crippen molar-refractivity contribution in [3.63, 3.8) is 0 Å². The Morgan fingerprint density at radius 1 is 1.27 bits per heavy atom. The van der Waals surface area contributed by atoms with Crippen LogP contribution in [0, 0.1) is 0 Å². The molecular weight excluding hydrogens is 326 g/mol. The SMILES string of the molecule is C[C@H](CN1CCN(C)CC1)c1c[nH]c(N)c1/C=C(\N)c1ccccc1O. The molecule has 0 amide bonds. The Bertz CT molecular complexity index is 774. The summed E-state index contributed by atoms with van der Waals surface area (Å²) in [6.45, 7) is 7.60. The van der Waals surface area contributed by atoms with Gasteiger partial charge in [-0.1, -0.05) is 19.1 Å². The third-order valence-electron chi connectivity index (χ3n) is 5.16. The predicted molar refractivity (Wildman–Crippen MR) is 108 cm³/mol. The predicted octanol–water partition coefficient (Wildman–Crippen LogP) is 2.11. The summed E-state index contributed by atoms with van der Waals surface area (Å²) in [5, 5.41) is 10.0. The average molecular weight is 355 g/mol. The van der Waals surface area contributed by atoms with Gasteiger partial charge in [-0.25, -0.2) is 0 Å². The number of likely N-dealkylation sites (N-methyl/N-ethyl adjacent to an activating group) is 1. The van der Waals surface area contributed by atoms with Crippen molar-refractivity contribution in [1.82, 2.24) is 14.8 Å². The Kier molecular flexibility index (Phi) is 5.54. The van der Waals surface area contributed by atoms with E-state index < -0.39 is 0 Å². The summed E-state index contributed by atoms with van der Waals surface area (Å²) in [6, 6.07) is 7.07. The summed E-state index contributed by atoms with van der Waals surface area (Å²) in [7, 11) is 2.16. The van der Waals surface area contributed by atoms with Crippen molar-refractivity contribution in [3.05, 3.63) is 47.2 Å². The first-order valence-electron chi connectivity index (χ1n) is 9.09. The third-order valence-corrected chi connectivity index (χ3v) is 5.16. The van der Waals surface area contributed by atoms with Crippen LogP contribution in [0.15, 0.2) is 30.5 Å². The number of para-hydroxylation sites is 1. The number of aromatic amines is 1. The molecule has 0 spiro atoms. The molecule has 2 aromatic rings. The Morgan fingerprint density at radius 3 is 2.65 bits per heavy atom. The highest BCUT2D eigenvalue weighted by molar-refractivity contribution is 5.85. The van der Waals surface area contributed by atoms with Gasteiger partial charge in [-0.3, -0.25) is 0 Å². The van der Waals surface area contributed by atoms with E-state index in [2.05, 4.69) is 28.8 Å². The van der Waals surface area contributed by atoms with Crippen LogP contribution in [0.3, 0.4) is 0 Å². The van der Waals surface area contributed by atoms with Crippen LogP contribution < -0.4 is 11.5 Å². The second-order valence-corrected chi connectivity index (χ2v) is 7.19. The lowest BCUT2D eigenvalue weighted by atomic mass is 9.97. The van der Waals surface area contributed by atoms with E-state index in [-0.39, 0.29) is 5.75 Å². The molecule has 140 valence electrons. The summed E-state index contributed by atoms with van der Waals surface area (Å²) in [5.74, 6) is 1.10. The van der Waals surface area contributed by atoms with E-state index in [1.54, 1.807) is 18.2 Å². The highest BCUT2D eigenvalue weighted by Gasteiger charge is 2.20. The molecule has 1 saturated heterocycles. The molecular formula is C20H29N5O. The first kappa shape index (κ1) is 18.4. The van der Waals surface area contributed by atoms with E-state index in [9.17, 15) is 5.11 Å². The monoisotopic (exact) mass is 355 g/mol. The molecule has 1 aromatic heterocycles. The molecule has 1 aromatic carbocycles. The van der Waals surface area contributed by atoms with Crippen LogP contribution >= 0.6 is 0 Å². The molecule has 0 bridgehead atoms. The van der Waals surface area contributed by atoms with Gasteiger partial charge in [0.1, 0.15) is 11.6 Å². The molecule has 0 radical (unpaired) electrons. The van der Waals surface area contributed by atoms with Gasteiger partial charge in [0.2, 0.25) is 0 Å². The minimum absolute atomic E-state index is 0.169. The quantitative estimate of drug-likeness (QED) is 0.659. The summed E-state index contributed by atoms with van der Waals surface area (Å²) >= 11 is 0. The molecule has 0 aliphatic carbocycles. The maximum atomic E-state index is 10.0. The number of nitrogens with zero attached hydrogens (tertiary/aromatic N) is 2. The van der Waals surface area contributed by atoms with E-state index in [1.807, 2.05) is 18.3 Å². The summed E-state index contributed by atoms with van der Waals surface area (Å²) in [4.78, 5) is 7.97. The van der Waals surface area contributed by atoms with Crippen molar-refractivity contribution >= 4 is 17.6 Å². The number of anilines is 1. The van der Waals surface area contributed by atoms with Crippen LogP contribution in [0.25, 0.3) is 11.8 Å². The van der Waals surface area contributed by atoms with Gasteiger partial charge < -0.3 is 31.4 Å². The number of benzene rings is 1. The van der Waals surface area contributed by atoms with Crippen LogP contribution in [0.2, 0.25) is 0 Å². The number of hydrogen-bond donors (Lipinski definition) is 4. The van der Waals surface area contributed by atoms with Gasteiger partial charge in [0.25, 0.3) is 0 Å². The molecule has 1 aliphatic heterocycles. The Balaban J connectivity index is 1.80. The van der Waals surface area contributed by atoms with Crippen molar-refractivity contribution in [1.29, 1.82) is 0 Å². The number of phenolic OH excluding ortho intramolecular Hbond substituents is 1. The van der Waals surface area contributed by atoms with E-state index in [4.69, 9.17) is 11.5 Å². The van der Waals surface area contributed by atoms with Crippen LogP contribution in [-0.2, 0) is 0 Å². The number of rotatable bonds is 5. The summed E-state index contributed by atoms with van der Waals surface area (Å²) in [5.41, 5.74) is 15.6. The second-order valence-electron chi connectivity index (χ2n) is 7.19. The first-order valence-corrected chi connectivity index (χ1v) is 9.09. The minimum atomic E-state index is 0.169. The number of nitrogen functional groups attached to an aromatic ring is 1. The fourth-order valence-electron chi connectivity index (χ4n) is 3.50. The molecule has 1 aliphatic rings. The lowest BCUT2D eigenvalue weighted by Crippen LogP contribution is -2.45. The zero-order valence-electron chi connectivity index (χ0n) is 15.6. The van der Waals surface area contributed by atoms with Crippen molar-refractivity contribution in [2.45, 2.75) is 12.8 Å². The van der Waals surface area contributed by atoms with Gasteiger partial charge >= 0.3 is 0 Å². The fraction of sp³-hybridized carbons (Fsp3) is 0.400. The summed E-state index contributed by atoms with van der Waals surface area (Å²) in [6.07, 6.45) is 3.83. The van der Waals surface area contributed by atoms with Crippen LogP contribution in [0.5, 0.6) is 5.75 Å². The highest BCUT2D eigenvalue weighted by Crippen LogP contribution is 2.30. The Hall–Kier alpha value is -2.44. The molecule has 0 unspecified atom stereocenters. The zero-order chi connectivity index (χ0) is 18.7. The molecule has 1 atom stereocenters. The summed E-state index contributed by atoms with van der Waals surface area (Å²) < 4.78 is 0. The first-order chi connectivity index (χ1) is 12.5. The van der Waals surface area contributed by atoms with Gasteiger partial charge in [-0.15, -0.1) is 0 Å². The molecule has 6 N–H and O–H groups in total. The van der Waals surface area contributed by atoms with E-state index in [0.717, 1.165) is 43.9 Å². The second kappa shape index (κ2) is 7.85. The number of nitrogens with two attached hydrogens (primary N) is 2. The number of aromatic hydroxyl groups is 1.